The molecule has 0 aromatic carbocycles. The predicted molar refractivity (Wildman–Crippen MR) is 53.8 cm³/mol. The first kappa shape index (κ1) is 9.21. The van der Waals surface area contributed by atoms with Crippen molar-refractivity contribution in [1.82, 2.24) is 14.9 Å². The molecule has 0 unspecified atom stereocenters. The summed E-state index contributed by atoms with van der Waals surface area (Å²) in [5.74, 6) is 0.442. The molecule has 0 amide bonds. The van der Waals surface area contributed by atoms with Crippen molar-refractivity contribution in [3.63, 3.8) is 0 Å². The Balaban J connectivity index is 2.12. The Morgan fingerprint density at radius 2 is 2.21 bits per heavy atom. The van der Waals surface area contributed by atoms with Crippen molar-refractivity contribution in [3.8, 4) is 0 Å². The molecule has 2 rings (SSSR count). The molecule has 5 heteroatoms. The lowest BCUT2D eigenvalue weighted by molar-refractivity contribution is 0.331. The fourth-order valence-corrected chi connectivity index (χ4v) is 1.74. The maximum atomic E-state index is 10.8. The number of hydrogen-bond acceptors (Lipinski definition) is 4. The molecular formula is C9H14N4O. The third-order valence-electron chi connectivity index (χ3n) is 2.52. The van der Waals surface area contributed by atoms with E-state index in [0.29, 0.717) is 5.82 Å². The van der Waals surface area contributed by atoms with Crippen LogP contribution in [0, 0.1) is 0 Å². The van der Waals surface area contributed by atoms with Gasteiger partial charge in [-0.1, -0.05) is 0 Å². The second kappa shape index (κ2) is 3.79. The third-order valence-corrected chi connectivity index (χ3v) is 2.52. The van der Waals surface area contributed by atoms with Crippen molar-refractivity contribution in [3.05, 3.63) is 22.2 Å². The molecule has 0 bridgehead atoms. The molecule has 1 fully saturated rings. The van der Waals surface area contributed by atoms with Crippen LogP contribution < -0.4 is 11.4 Å². The second-order valence-corrected chi connectivity index (χ2v) is 3.61. The highest BCUT2D eigenvalue weighted by atomic mass is 16.1. The lowest BCUT2D eigenvalue weighted by atomic mass is 10.3. The molecule has 0 aliphatic carbocycles. The standard InChI is InChI=1S/C9H14N4O/c10-8-7(5-11-9(14)12-8)6-13-3-1-2-4-13/h5H,1-4,6H2,(H3,10,11,12,14). The minimum absolute atomic E-state index is 0.382. The molecule has 1 aliphatic rings. The number of aromatic amines is 1. The minimum atomic E-state index is -0.382. The van der Waals surface area contributed by atoms with Crippen LogP contribution in [-0.2, 0) is 6.54 Å². The smallest absolute Gasteiger partial charge is 0.346 e. The number of nitrogens with two attached hydrogens (primary N) is 1. The number of anilines is 1. The first-order chi connectivity index (χ1) is 6.75. The Morgan fingerprint density at radius 1 is 1.50 bits per heavy atom. The monoisotopic (exact) mass is 194 g/mol. The van der Waals surface area contributed by atoms with Crippen molar-refractivity contribution >= 4 is 5.82 Å². The number of H-pyrrole nitrogens is 1. The fraction of sp³-hybridized carbons (Fsp3) is 0.556. The van der Waals surface area contributed by atoms with E-state index in [1.54, 1.807) is 6.20 Å². The molecule has 0 radical (unpaired) electrons. The van der Waals surface area contributed by atoms with Crippen LogP contribution in [0.3, 0.4) is 0 Å². The average Bonchev–Trinajstić information content (AvgIpc) is 2.62. The van der Waals surface area contributed by atoms with Gasteiger partial charge in [-0.05, 0) is 25.9 Å². The Bertz CT molecular complexity index is 367. The van der Waals surface area contributed by atoms with Crippen molar-refractivity contribution in [2.45, 2.75) is 19.4 Å². The summed E-state index contributed by atoms with van der Waals surface area (Å²) in [6.07, 6.45) is 4.06. The molecule has 0 spiro atoms. The summed E-state index contributed by atoms with van der Waals surface area (Å²) in [5.41, 5.74) is 6.20. The molecule has 3 N–H and O–H groups in total. The van der Waals surface area contributed by atoms with Crippen molar-refractivity contribution in [1.29, 1.82) is 0 Å². The first-order valence-corrected chi connectivity index (χ1v) is 4.82. The van der Waals surface area contributed by atoms with Gasteiger partial charge in [0.05, 0.1) is 0 Å². The molecule has 5 nitrogen and oxygen atoms in total. The summed E-state index contributed by atoms with van der Waals surface area (Å²) in [6.45, 7) is 3.01. The van der Waals surface area contributed by atoms with Gasteiger partial charge in [-0.25, -0.2) is 9.78 Å². The van der Waals surface area contributed by atoms with E-state index >= 15 is 0 Å². The van der Waals surface area contributed by atoms with Gasteiger partial charge < -0.3 is 5.73 Å². The van der Waals surface area contributed by atoms with E-state index in [4.69, 9.17) is 5.73 Å². The predicted octanol–water partition coefficient (Wildman–Crippen LogP) is -0.0521. The molecule has 1 aliphatic heterocycles. The zero-order chi connectivity index (χ0) is 9.97. The number of aromatic nitrogens is 2. The van der Waals surface area contributed by atoms with Crippen LogP contribution >= 0.6 is 0 Å². The van der Waals surface area contributed by atoms with Gasteiger partial charge in [0, 0.05) is 18.3 Å². The van der Waals surface area contributed by atoms with Crippen LogP contribution in [0.15, 0.2) is 11.0 Å². The van der Waals surface area contributed by atoms with Gasteiger partial charge in [-0.15, -0.1) is 0 Å². The highest BCUT2D eigenvalue weighted by Crippen LogP contribution is 2.13. The molecule has 1 saturated heterocycles. The molecule has 76 valence electrons. The molecule has 2 heterocycles. The Morgan fingerprint density at radius 3 is 2.86 bits per heavy atom. The van der Waals surface area contributed by atoms with Crippen LogP contribution in [-0.4, -0.2) is 28.0 Å². The van der Waals surface area contributed by atoms with Crippen LogP contribution in [0.25, 0.3) is 0 Å². The molecule has 0 saturated carbocycles. The largest absolute Gasteiger partial charge is 0.385 e. The van der Waals surface area contributed by atoms with E-state index in [1.807, 2.05) is 0 Å². The number of hydrogen-bond donors (Lipinski definition) is 2. The van der Waals surface area contributed by atoms with Gasteiger partial charge in [-0.2, -0.15) is 0 Å². The zero-order valence-electron chi connectivity index (χ0n) is 7.99. The topological polar surface area (TPSA) is 75.0 Å². The van der Waals surface area contributed by atoms with Crippen LogP contribution in [0.4, 0.5) is 5.82 Å². The Kier molecular flexibility index (Phi) is 2.49. The molecule has 1 aromatic rings. The van der Waals surface area contributed by atoms with E-state index in [0.717, 1.165) is 25.2 Å². The van der Waals surface area contributed by atoms with E-state index in [2.05, 4.69) is 14.9 Å². The Labute approximate surface area is 82.0 Å². The minimum Gasteiger partial charge on any atom is -0.385 e. The van der Waals surface area contributed by atoms with Crippen molar-refractivity contribution in [2.75, 3.05) is 18.8 Å². The number of likely N-dealkylation sites (tertiary alicyclic amines) is 1. The number of nitrogen functional groups attached to an aromatic ring is 1. The Hall–Kier alpha value is -1.36. The van der Waals surface area contributed by atoms with E-state index in [9.17, 15) is 4.79 Å². The molecular weight excluding hydrogens is 180 g/mol. The third kappa shape index (κ3) is 1.93. The van der Waals surface area contributed by atoms with E-state index in [-0.39, 0.29) is 5.69 Å². The number of rotatable bonds is 2. The highest BCUT2D eigenvalue weighted by molar-refractivity contribution is 5.36. The number of nitrogens with zero attached hydrogens (tertiary/aromatic N) is 2. The maximum absolute atomic E-state index is 10.8. The SMILES string of the molecule is Nc1[nH]c(=O)ncc1CN1CCCC1. The lowest BCUT2D eigenvalue weighted by Crippen LogP contribution is -2.22. The zero-order valence-corrected chi connectivity index (χ0v) is 7.99. The van der Waals surface area contributed by atoms with Crippen molar-refractivity contribution < 1.29 is 0 Å². The first-order valence-electron chi connectivity index (χ1n) is 4.82. The fourth-order valence-electron chi connectivity index (χ4n) is 1.74. The van der Waals surface area contributed by atoms with Crippen LogP contribution in [0.1, 0.15) is 18.4 Å². The summed E-state index contributed by atoms with van der Waals surface area (Å²) in [6, 6.07) is 0. The van der Waals surface area contributed by atoms with Crippen LogP contribution in [0.5, 0.6) is 0 Å². The summed E-state index contributed by atoms with van der Waals surface area (Å²) in [5, 5.41) is 0. The van der Waals surface area contributed by atoms with Gasteiger partial charge in [0.2, 0.25) is 0 Å². The summed E-state index contributed by atoms with van der Waals surface area (Å²) < 4.78 is 0. The normalized spacial score (nSPS) is 17.4. The quantitative estimate of drug-likeness (QED) is 0.692. The molecule has 0 atom stereocenters. The second-order valence-electron chi connectivity index (χ2n) is 3.61. The maximum Gasteiger partial charge on any atom is 0.346 e. The summed E-state index contributed by atoms with van der Waals surface area (Å²) in [4.78, 5) is 19.3. The highest BCUT2D eigenvalue weighted by Gasteiger charge is 2.13. The van der Waals surface area contributed by atoms with E-state index < -0.39 is 0 Å². The van der Waals surface area contributed by atoms with Gasteiger partial charge in [0.15, 0.2) is 0 Å². The summed E-state index contributed by atoms with van der Waals surface area (Å²) in [7, 11) is 0. The van der Waals surface area contributed by atoms with Crippen LogP contribution in [0.2, 0.25) is 0 Å². The molecule has 14 heavy (non-hydrogen) atoms. The number of nitrogens with one attached hydrogen (secondary N) is 1. The van der Waals surface area contributed by atoms with Gasteiger partial charge in [-0.3, -0.25) is 9.88 Å². The average molecular weight is 194 g/mol. The van der Waals surface area contributed by atoms with Gasteiger partial charge in [0.1, 0.15) is 5.82 Å². The van der Waals surface area contributed by atoms with Crippen molar-refractivity contribution in [2.24, 2.45) is 0 Å². The summed E-state index contributed by atoms with van der Waals surface area (Å²) >= 11 is 0. The van der Waals surface area contributed by atoms with E-state index in [1.165, 1.54) is 12.8 Å². The van der Waals surface area contributed by atoms with Gasteiger partial charge in [0.25, 0.3) is 0 Å². The lowest BCUT2D eigenvalue weighted by Gasteiger charge is -2.14. The molecule has 1 aromatic heterocycles. The van der Waals surface area contributed by atoms with Gasteiger partial charge >= 0.3 is 5.69 Å².